The van der Waals surface area contributed by atoms with Gasteiger partial charge in [0.15, 0.2) is 0 Å². The number of nitrogens with zero attached hydrogens (tertiary/aromatic N) is 1. The summed E-state index contributed by atoms with van der Waals surface area (Å²) in [5.74, 6) is 0.743. The number of aromatic nitrogens is 1. The van der Waals surface area contributed by atoms with E-state index in [2.05, 4.69) is 24.1 Å². The quantitative estimate of drug-likeness (QED) is 0.786. The lowest BCUT2D eigenvalue weighted by Gasteiger charge is -2.28. The van der Waals surface area contributed by atoms with Gasteiger partial charge in [0.05, 0.1) is 5.69 Å². The zero-order chi connectivity index (χ0) is 11.8. The summed E-state index contributed by atoms with van der Waals surface area (Å²) < 4.78 is 0. The smallest absolute Gasteiger partial charge is 0.124 e. The predicted octanol–water partition coefficient (Wildman–Crippen LogP) is 2.32. The van der Waals surface area contributed by atoms with Crippen LogP contribution in [0.2, 0.25) is 0 Å². The second-order valence-corrected chi connectivity index (χ2v) is 5.32. The van der Waals surface area contributed by atoms with Gasteiger partial charge in [0, 0.05) is 11.7 Å². The normalized spacial score (nSPS) is 15.9. The van der Waals surface area contributed by atoms with Gasteiger partial charge in [-0.1, -0.05) is 12.2 Å². The van der Waals surface area contributed by atoms with Crippen molar-refractivity contribution in [2.24, 2.45) is 11.7 Å². The van der Waals surface area contributed by atoms with Gasteiger partial charge in [-0.05, 0) is 44.7 Å². The standard InChI is InChI=1S/C12H17N3S/c1-12(2,8-5-6-8)15-9-4-3-7-14-10(9)11(13)16/h3-4,7-8,15H,5-6H2,1-2H3,(H2,13,16). The molecule has 1 aliphatic carbocycles. The lowest BCUT2D eigenvalue weighted by Crippen LogP contribution is -2.34. The van der Waals surface area contributed by atoms with Crippen LogP contribution in [0.5, 0.6) is 0 Å². The number of pyridine rings is 1. The molecule has 16 heavy (non-hydrogen) atoms. The largest absolute Gasteiger partial charge is 0.388 e. The monoisotopic (exact) mass is 235 g/mol. The predicted molar refractivity (Wildman–Crippen MR) is 70.6 cm³/mol. The summed E-state index contributed by atoms with van der Waals surface area (Å²) >= 11 is 5.00. The van der Waals surface area contributed by atoms with E-state index in [0.717, 1.165) is 11.6 Å². The van der Waals surface area contributed by atoms with E-state index in [1.54, 1.807) is 6.20 Å². The van der Waals surface area contributed by atoms with Gasteiger partial charge in [-0.3, -0.25) is 4.98 Å². The van der Waals surface area contributed by atoms with E-state index in [9.17, 15) is 0 Å². The van der Waals surface area contributed by atoms with E-state index < -0.39 is 0 Å². The molecule has 0 atom stereocenters. The number of hydrogen-bond donors (Lipinski definition) is 2. The molecule has 1 heterocycles. The highest BCUT2D eigenvalue weighted by molar-refractivity contribution is 7.80. The van der Waals surface area contributed by atoms with Crippen LogP contribution >= 0.6 is 12.2 Å². The maximum atomic E-state index is 5.65. The summed E-state index contributed by atoms with van der Waals surface area (Å²) in [5, 5.41) is 3.50. The van der Waals surface area contributed by atoms with E-state index in [1.807, 2.05) is 12.1 Å². The van der Waals surface area contributed by atoms with Crippen molar-refractivity contribution in [2.45, 2.75) is 32.2 Å². The fourth-order valence-electron chi connectivity index (χ4n) is 1.96. The summed E-state index contributed by atoms with van der Waals surface area (Å²) in [5.41, 5.74) is 7.36. The Kier molecular flexibility index (Phi) is 2.84. The van der Waals surface area contributed by atoms with Crippen molar-refractivity contribution >= 4 is 22.9 Å². The molecule has 0 saturated heterocycles. The molecular weight excluding hydrogens is 218 g/mol. The van der Waals surface area contributed by atoms with Crippen LogP contribution in [0.1, 0.15) is 32.4 Å². The van der Waals surface area contributed by atoms with Crippen molar-refractivity contribution in [2.75, 3.05) is 5.32 Å². The fraction of sp³-hybridized carbons (Fsp3) is 0.500. The molecule has 1 fully saturated rings. The number of nitrogens with two attached hydrogens (primary N) is 1. The zero-order valence-electron chi connectivity index (χ0n) is 9.66. The van der Waals surface area contributed by atoms with Gasteiger partial charge in [-0.15, -0.1) is 0 Å². The minimum absolute atomic E-state index is 0.0859. The molecule has 3 nitrogen and oxygen atoms in total. The highest BCUT2D eigenvalue weighted by Crippen LogP contribution is 2.41. The fourth-order valence-corrected chi connectivity index (χ4v) is 2.12. The van der Waals surface area contributed by atoms with Crippen LogP contribution in [-0.2, 0) is 0 Å². The third-order valence-electron chi connectivity index (χ3n) is 3.10. The van der Waals surface area contributed by atoms with Crippen LogP contribution in [0.4, 0.5) is 5.69 Å². The summed E-state index contributed by atoms with van der Waals surface area (Å²) in [6.45, 7) is 4.42. The first-order valence-corrected chi connectivity index (χ1v) is 5.94. The molecule has 1 aliphatic rings. The van der Waals surface area contributed by atoms with Crippen LogP contribution < -0.4 is 11.1 Å². The molecule has 1 saturated carbocycles. The molecule has 4 heteroatoms. The highest BCUT2D eigenvalue weighted by atomic mass is 32.1. The van der Waals surface area contributed by atoms with Crippen molar-refractivity contribution in [3.8, 4) is 0 Å². The number of hydrogen-bond acceptors (Lipinski definition) is 3. The van der Waals surface area contributed by atoms with Crippen molar-refractivity contribution in [1.29, 1.82) is 0 Å². The average Bonchev–Trinajstić information content (AvgIpc) is 3.00. The SMILES string of the molecule is CC(C)(Nc1cccnc1C(N)=S)C1CC1. The molecule has 0 radical (unpaired) electrons. The van der Waals surface area contributed by atoms with E-state index >= 15 is 0 Å². The molecule has 0 aliphatic heterocycles. The number of rotatable bonds is 4. The van der Waals surface area contributed by atoms with Crippen molar-refractivity contribution in [3.05, 3.63) is 24.0 Å². The molecule has 86 valence electrons. The van der Waals surface area contributed by atoms with E-state index in [1.165, 1.54) is 12.8 Å². The van der Waals surface area contributed by atoms with E-state index in [0.29, 0.717) is 10.7 Å². The van der Waals surface area contributed by atoms with Crippen LogP contribution in [0.15, 0.2) is 18.3 Å². The molecule has 1 aromatic rings. The van der Waals surface area contributed by atoms with Crippen LogP contribution in [-0.4, -0.2) is 15.5 Å². The van der Waals surface area contributed by atoms with Crippen LogP contribution in [0.25, 0.3) is 0 Å². The molecule has 0 aromatic carbocycles. The van der Waals surface area contributed by atoms with Gasteiger partial charge in [0.2, 0.25) is 0 Å². The number of nitrogens with one attached hydrogen (secondary N) is 1. The molecule has 2 rings (SSSR count). The molecule has 1 aromatic heterocycles. The zero-order valence-corrected chi connectivity index (χ0v) is 10.5. The second kappa shape index (κ2) is 4.01. The Balaban J connectivity index is 2.23. The molecule has 0 unspecified atom stereocenters. The van der Waals surface area contributed by atoms with Crippen molar-refractivity contribution in [3.63, 3.8) is 0 Å². The van der Waals surface area contributed by atoms with E-state index in [-0.39, 0.29) is 5.54 Å². The summed E-state index contributed by atoms with van der Waals surface area (Å²) in [6, 6.07) is 3.87. The van der Waals surface area contributed by atoms with Crippen LogP contribution in [0, 0.1) is 5.92 Å². The maximum absolute atomic E-state index is 5.65. The summed E-state index contributed by atoms with van der Waals surface area (Å²) in [4.78, 5) is 4.56. The number of thiocarbonyl (C=S) groups is 1. The first-order valence-electron chi connectivity index (χ1n) is 5.54. The number of anilines is 1. The Morgan fingerprint density at radius 2 is 2.25 bits per heavy atom. The Bertz CT molecular complexity index is 410. The molecule has 0 bridgehead atoms. The lowest BCUT2D eigenvalue weighted by atomic mass is 9.98. The maximum Gasteiger partial charge on any atom is 0.124 e. The van der Waals surface area contributed by atoms with Crippen LogP contribution in [0.3, 0.4) is 0 Å². The molecule has 0 spiro atoms. The topological polar surface area (TPSA) is 50.9 Å². The molecule has 0 amide bonds. The van der Waals surface area contributed by atoms with Crippen molar-refractivity contribution < 1.29 is 0 Å². The Hall–Kier alpha value is -1.16. The van der Waals surface area contributed by atoms with E-state index in [4.69, 9.17) is 18.0 Å². The Morgan fingerprint density at radius 3 is 2.81 bits per heavy atom. The lowest BCUT2D eigenvalue weighted by molar-refractivity contribution is 0.494. The minimum Gasteiger partial charge on any atom is -0.388 e. The van der Waals surface area contributed by atoms with Gasteiger partial charge in [-0.2, -0.15) is 0 Å². The second-order valence-electron chi connectivity index (χ2n) is 4.88. The van der Waals surface area contributed by atoms with Gasteiger partial charge in [0.25, 0.3) is 0 Å². The minimum atomic E-state index is 0.0859. The first-order chi connectivity index (χ1) is 7.50. The molecule has 3 N–H and O–H groups in total. The van der Waals surface area contributed by atoms with Gasteiger partial charge >= 0.3 is 0 Å². The third kappa shape index (κ3) is 2.32. The first kappa shape index (κ1) is 11.3. The van der Waals surface area contributed by atoms with Gasteiger partial charge in [-0.25, -0.2) is 0 Å². The average molecular weight is 235 g/mol. The Labute approximate surface area is 101 Å². The third-order valence-corrected chi connectivity index (χ3v) is 3.29. The summed E-state index contributed by atoms with van der Waals surface area (Å²) in [6.07, 6.45) is 4.30. The van der Waals surface area contributed by atoms with Crippen molar-refractivity contribution in [1.82, 2.24) is 4.98 Å². The van der Waals surface area contributed by atoms with Gasteiger partial charge in [0.1, 0.15) is 10.7 Å². The summed E-state index contributed by atoms with van der Waals surface area (Å²) in [7, 11) is 0. The molecular formula is C12H17N3S. The highest BCUT2D eigenvalue weighted by Gasteiger charge is 2.38. The van der Waals surface area contributed by atoms with Gasteiger partial charge < -0.3 is 11.1 Å². The Morgan fingerprint density at radius 1 is 1.56 bits per heavy atom.